The van der Waals surface area contributed by atoms with Gasteiger partial charge in [-0.1, -0.05) is 64.8 Å². The van der Waals surface area contributed by atoms with E-state index in [1.54, 1.807) is 11.0 Å². The fourth-order valence-electron chi connectivity index (χ4n) is 5.17. The van der Waals surface area contributed by atoms with Crippen molar-refractivity contribution in [3.05, 3.63) is 70.3 Å². The topological polar surface area (TPSA) is 66.8 Å². The van der Waals surface area contributed by atoms with E-state index >= 15 is 0 Å². The van der Waals surface area contributed by atoms with Crippen LogP contribution in [0.25, 0.3) is 5.76 Å². The van der Waals surface area contributed by atoms with E-state index in [0.717, 1.165) is 42.6 Å². The minimum atomic E-state index is -0.606. The standard InChI is InChI=1S/C30H37NO4/c1-18(2)17-35-25-15-14-23(16-20(25)5)28(32)26-27(22-12-10-21(11-13-22)19(3)4)31(30(34)29(26)33)24-8-6-7-9-24/h10-16,18-19,24,27,32H,6-9,17H2,1-5H3/b28-26-. The molecule has 0 bridgehead atoms. The van der Waals surface area contributed by atoms with Crippen LogP contribution in [-0.2, 0) is 9.59 Å². The summed E-state index contributed by atoms with van der Waals surface area (Å²) in [5.74, 6) is 0.290. The van der Waals surface area contributed by atoms with Crippen molar-refractivity contribution < 1.29 is 19.4 Å². The number of Topliss-reactive ketones (excluding diaryl/α,β-unsaturated/α-hetero) is 1. The third-order valence-electron chi connectivity index (χ3n) is 7.14. The van der Waals surface area contributed by atoms with Crippen LogP contribution in [-0.4, -0.2) is 34.3 Å². The molecule has 1 atom stereocenters. The Labute approximate surface area is 208 Å². The number of benzene rings is 2. The van der Waals surface area contributed by atoms with E-state index in [4.69, 9.17) is 4.74 Å². The number of carbonyl (C=O) groups excluding carboxylic acids is 2. The minimum absolute atomic E-state index is 0.0140. The second-order valence-electron chi connectivity index (χ2n) is 10.7. The Morgan fingerprint density at radius 3 is 2.26 bits per heavy atom. The van der Waals surface area contributed by atoms with E-state index in [9.17, 15) is 14.7 Å². The van der Waals surface area contributed by atoms with Gasteiger partial charge in [-0.15, -0.1) is 0 Å². The number of ether oxygens (including phenoxy) is 1. The summed E-state index contributed by atoms with van der Waals surface area (Å²) in [5.41, 5.74) is 3.62. The summed E-state index contributed by atoms with van der Waals surface area (Å²) in [4.78, 5) is 28.4. The summed E-state index contributed by atoms with van der Waals surface area (Å²) < 4.78 is 5.88. The number of aryl methyl sites for hydroxylation is 1. The zero-order valence-corrected chi connectivity index (χ0v) is 21.5. The van der Waals surface area contributed by atoms with Crippen LogP contribution in [0.4, 0.5) is 0 Å². The van der Waals surface area contributed by atoms with Crippen LogP contribution in [0.5, 0.6) is 5.75 Å². The van der Waals surface area contributed by atoms with Gasteiger partial charge in [0.25, 0.3) is 11.7 Å². The molecule has 2 aliphatic rings. The van der Waals surface area contributed by atoms with Crippen molar-refractivity contribution in [2.75, 3.05) is 6.61 Å². The Hall–Kier alpha value is -3.08. The van der Waals surface area contributed by atoms with Gasteiger partial charge >= 0.3 is 0 Å². The number of carbonyl (C=O) groups is 2. The SMILES string of the molecule is Cc1cc(/C(O)=C2/C(=O)C(=O)N(C3CCCC3)C2c2ccc(C(C)C)cc2)ccc1OCC(C)C. The van der Waals surface area contributed by atoms with Gasteiger partial charge in [-0.25, -0.2) is 0 Å². The smallest absolute Gasteiger partial charge is 0.295 e. The average Bonchev–Trinajstić information content (AvgIpc) is 3.44. The largest absolute Gasteiger partial charge is 0.507 e. The molecule has 2 aromatic rings. The molecule has 5 nitrogen and oxygen atoms in total. The van der Waals surface area contributed by atoms with Gasteiger partial charge in [0.05, 0.1) is 18.2 Å². The van der Waals surface area contributed by atoms with Crippen molar-refractivity contribution in [3.8, 4) is 5.75 Å². The molecule has 1 N–H and O–H groups in total. The summed E-state index contributed by atoms with van der Waals surface area (Å²) in [5, 5.41) is 11.4. The molecular weight excluding hydrogens is 438 g/mol. The number of hydrogen-bond donors (Lipinski definition) is 1. The molecular formula is C30H37NO4. The van der Waals surface area contributed by atoms with Crippen LogP contribution in [0.15, 0.2) is 48.0 Å². The van der Waals surface area contributed by atoms with Crippen LogP contribution in [0.3, 0.4) is 0 Å². The maximum atomic E-state index is 13.3. The van der Waals surface area contributed by atoms with Crippen molar-refractivity contribution in [1.29, 1.82) is 0 Å². The summed E-state index contributed by atoms with van der Waals surface area (Å²) in [6.07, 6.45) is 3.86. The normalized spacial score (nSPS) is 20.4. The Morgan fingerprint density at radius 2 is 1.69 bits per heavy atom. The van der Waals surface area contributed by atoms with Gasteiger partial charge in [0, 0.05) is 11.6 Å². The van der Waals surface area contributed by atoms with Crippen LogP contribution < -0.4 is 4.74 Å². The average molecular weight is 476 g/mol. The molecule has 35 heavy (non-hydrogen) atoms. The van der Waals surface area contributed by atoms with Crippen molar-refractivity contribution in [2.24, 2.45) is 5.92 Å². The molecule has 1 unspecified atom stereocenters. The first-order valence-corrected chi connectivity index (χ1v) is 12.8. The van der Waals surface area contributed by atoms with E-state index in [1.807, 2.05) is 31.2 Å². The zero-order valence-electron chi connectivity index (χ0n) is 21.5. The molecule has 5 heteroatoms. The highest BCUT2D eigenvalue weighted by Gasteiger charge is 2.49. The molecule has 1 saturated heterocycles. The van der Waals surface area contributed by atoms with Gasteiger partial charge in [-0.3, -0.25) is 9.59 Å². The minimum Gasteiger partial charge on any atom is -0.507 e. The van der Waals surface area contributed by atoms with Crippen LogP contribution >= 0.6 is 0 Å². The predicted octanol–water partition coefficient (Wildman–Crippen LogP) is 6.52. The summed E-state index contributed by atoms with van der Waals surface area (Å²) in [6, 6.07) is 12.9. The summed E-state index contributed by atoms with van der Waals surface area (Å²) >= 11 is 0. The second kappa shape index (κ2) is 10.3. The first kappa shape index (κ1) is 25.0. The lowest BCUT2D eigenvalue weighted by Crippen LogP contribution is -2.37. The molecule has 1 amide bonds. The lowest BCUT2D eigenvalue weighted by molar-refractivity contribution is -0.141. The Kier molecular flexibility index (Phi) is 7.34. The maximum absolute atomic E-state index is 13.3. The number of amides is 1. The van der Waals surface area contributed by atoms with Gasteiger partial charge in [-0.05, 0) is 66.5 Å². The molecule has 1 heterocycles. The third-order valence-corrected chi connectivity index (χ3v) is 7.14. The predicted molar refractivity (Wildman–Crippen MR) is 138 cm³/mol. The van der Waals surface area contributed by atoms with E-state index in [-0.39, 0.29) is 17.4 Å². The van der Waals surface area contributed by atoms with Crippen molar-refractivity contribution in [2.45, 2.75) is 78.3 Å². The molecule has 1 aliphatic heterocycles. The first-order valence-electron chi connectivity index (χ1n) is 12.8. The maximum Gasteiger partial charge on any atom is 0.295 e. The lowest BCUT2D eigenvalue weighted by Gasteiger charge is -2.31. The molecule has 186 valence electrons. The fraction of sp³-hybridized carbons (Fsp3) is 0.467. The molecule has 0 aromatic heterocycles. The van der Waals surface area contributed by atoms with E-state index in [0.29, 0.717) is 24.0 Å². The van der Waals surface area contributed by atoms with Crippen molar-refractivity contribution in [1.82, 2.24) is 4.90 Å². The monoisotopic (exact) mass is 475 g/mol. The summed E-state index contributed by atoms with van der Waals surface area (Å²) in [7, 11) is 0. The zero-order chi connectivity index (χ0) is 25.3. The first-order chi connectivity index (χ1) is 16.7. The molecule has 0 spiro atoms. The molecule has 0 radical (unpaired) electrons. The van der Waals surface area contributed by atoms with Gasteiger partial charge in [0.15, 0.2) is 0 Å². The molecule has 1 aliphatic carbocycles. The lowest BCUT2D eigenvalue weighted by atomic mass is 9.92. The van der Waals surface area contributed by atoms with E-state index < -0.39 is 17.7 Å². The fourth-order valence-corrected chi connectivity index (χ4v) is 5.17. The molecule has 2 aromatic carbocycles. The van der Waals surface area contributed by atoms with Crippen LogP contribution in [0.2, 0.25) is 0 Å². The quantitative estimate of drug-likeness (QED) is 0.281. The Balaban J connectivity index is 1.78. The third kappa shape index (κ3) is 5.00. The molecule has 2 fully saturated rings. The highest BCUT2D eigenvalue weighted by molar-refractivity contribution is 6.46. The Morgan fingerprint density at radius 1 is 1.03 bits per heavy atom. The van der Waals surface area contributed by atoms with Gasteiger partial charge < -0.3 is 14.7 Å². The van der Waals surface area contributed by atoms with E-state index in [1.165, 1.54) is 5.56 Å². The second-order valence-corrected chi connectivity index (χ2v) is 10.7. The number of likely N-dealkylation sites (tertiary alicyclic amines) is 1. The number of aliphatic hydroxyl groups is 1. The highest BCUT2D eigenvalue weighted by Crippen LogP contribution is 2.43. The van der Waals surface area contributed by atoms with Crippen molar-refractivity contribution >= 4 is 17.4 Å². The number of aliphatic hydroxyl groups excluding tert-OH is 1. The van der Waals surface area contributed by atoms with Crippen LogP contribution in [0.1, 0.15) is 87.6 Å². The molecule has 1 saturated carbocycles. The number of ketones is 1. The number of rotatable bonds is 7. The highest BCUT2D eigenvalue weighted by atomic mass is 16.5. The van der Waals surface area contributed by atoms with Crippen molar-refractivity contribution in [3.63, 3.8) is 0 Å². The van der Waals surface area contributed by atoms with Gasteiger partial charge in [-0.2, -0.15) is 0 Å². The number of hydrogen-bond acceptors (Lipinski definition) is 4. The summed E-state index contributed by atoms with van der Waals surface area (Å²) in [6.45, 7) is 11.0. The van der Waals surface area contributed by atoms with Gasteiger partial charge in [0.2, 0.25) is 0 Å². The Bertz CT molecular complexity index is 1120. The molecule has 4 rings (SSSR count). The number of nitrogens with zero attached hydrogens (tertiary/aromatic N) is 1. The van der Waals surface area contributed by atoms with Gasteiger partial charge in [0.1, 0.15) is 11.5 Å². The van der Waals surface area contributed by atoms with Crippen LogP contribution in [0, 0.1) is 12.8 Å². The van der Waals surface area contributed by atoms with E-state index in [2.05, 4.69) is 39.8 Å².